The van der Waals surface area contributed by atoms with Gasteiger partial charge < -0.3 is 5.32 Å². The van der Waals surface area contributed by atoms with Crippen LogP contribution in [0.25, 0.3) is 0 Å². The number of hydrogen-bond acceptors (Lipinski definition) is 2. The van der Waals surface area contributed by atoms with E-state index in [-0.39, 0.29) is 0 Å². The number of aromatic nitrogens is 1. The van der Waals surface area contributed by atoms with Crippen LogP contribution in [0.5, 0.6) is 0 Å². The van der Waals surface area contributed by atoms with Crippen molar-refractivity contribution in [2.45, 2.75) is 26.7 Å². The largest absolute Gasteiger partial charge is 0.384 e. The van der Waals surface area contributed by atoms with Crippen LogP contribution in [0.2, 0.25) is 0 Å². The van der Waals surface area contributed by atoms with Crippen LogP contribution in [0.4, 0.5) is 5.69 Å². The first-order valence-corrected chi connectivity index (χ1v) is 6.53. The van der Waals surface area contributed by atoms with Crippen LogP contribution in [0, 0.1) is 6.92 Å². The number of pyridine rings is 1. The van der Waals surface area contributed by atoms with E-state index < -0.39 is 0 Å². The molecular weight excluding hydrogens is 220 g/mol. The highest BCUT2D eigenvalue weighted by Gasteiger charge is 2.05. The van der Waals surface area contributed by atoms with Crippen LogP contribution in [0.1, 0.15) is 30.2 Å². The lowest BCUT2D eigenvalue weighted by Crippen LogP contribution is -2.05. The molecule has 0 aliphatic rings. The molecule has 1 aromatic carbocycles. The van der Waals surface area contributed by atoms with Crippen molar-refractivity contribution in [1.82, 2.24) is 4.98 Å². The molecule has 0 spiro atoms. The molecule has 0 saturated carbocycles. The summed E-state index contributed by atoms with van der Waals surface area (Å²) in [4.78, 5) is 4.51. The van der Waals surface area contributed by atoms with Gasteiger partial charge in [-0.05, 0) is 36.6 Å². The van der Waals surface area contributed by atoms with Crippen molar-refractivity contribution in [2.75, 3.05) is 11.9 Å². The number of aryl methyl sites for hydroxylation is 1. The summed E-state index contributed by atoms with van der Waals surface area (Å²) in [6.45, 7) is 5.31. The van der Waals surface area contributed by atoms with Gasteiger partial charge >= 0.3 is 0 Å². The molecule has 0 aliphatic carbocycles. The van der Waals surface area contributed by atoms with Crippen molar-refractivity contribution in [1.29, 1.82) is 0 Å². The van der Waals surface area contributed by atoms with E-state index in [2.05, 4.69) is 54.5 Å². The van der Waals surface area contributed by atoms with Gasteiger partial charge in [0.25, 0.3) is 0 Å². The van der Waals surface area contributed by atoms with E-state index >= 15 is 0 Å². The summed E-state index contributed by atoms with van der Waals surface area (Å²) in [5.74, 6) is 0. The van der Waals surface area contributed by atoms with E-state index in [1.807, 2.05) is 12.3 Å². The maximum atomic E-state index is 4.51. The Morgan fingerprint density at radius 3 is 2.72 bits per heavy atom. The summed E-state index contributed by atoms with van der Waals surface area (Å²) >= 11 is 0. The van der Waals surface area contributed by atoms with Crippen molar-refractivity contribution in [2.24, 2.45) is 0 Å². The van der Waals surface area contributed by atoms with Gasteiger partial charge in [-0.3, -0.25) is 4.98 Å². The smallest absolute Gasteiger partial charge is 0.0678 e. The molecule has 1 aromatic heterocycles. The second-order valence-corrected chi connectivity index (χ2v) is 4.53. The highest BCUT2D eigenvalue weighted by Crippen LogP contribution is 2.18. The third kappa shape index (κ3) is 3.10. The lowest BCUT2D eigenvalue weighted by molar-refractivity contribution is 0.963. The Hall–Kier alpha value is -1.83. The Bertz CT molecular complexity index is 506. The highest BCUT2D eigenvalue weighted by molar-refractivity contribution is 5.49. The molecule has 1 N–H and O–H groups in total. The first-order valence-electron chi connectivity index (χ1n) is 6.53. The maximum absolute atomic E-state index is 4.51. The fourth-order valence-corrected chi connectivity index (χ4v) is 1.99. The maximum Gasteiger partial charge on any atom is 0.0678 e. The summed E-state index contributed by atoms with van der Waals surface area (Å²) < 4.78 is 0. The van der Waals surface area contributed by atoms with Gasteiger partial charge in [0.2, 0.25) is 0 Å². The number of nitrogens with zero attached hydrogens (tertiary/aromatic N) is 1. The van der Waals surface area contributed by atoms with Crippen LogP contribution in [-0.2, 0) is 6.42 Å². The summed E-state index contributed by atoms with van der Waals surface area (Å²) in [6, 6.07) is 12.6. The zero-order chi connectivity index (χ0) is 12.8. The summed E-state index contributed by atoms with van der Waals surface area (Å²) in [5, 5.41) is 3.44. The average molecular weight is 240 g/mol. The molecule has 2 rings (SSSR count). The SMILES string of the molecule is CCCNc1cccnc1Cc1ccccc1C. The highest BCUT2D eigenvalue weighted by atomic mass is 14.9. The van der Waals surface area contributed by atoms with Crippen LogP contribution < -0.4 is 5.32 Å². The normalized spacial score (nSPS) is 10.3. The minimum Gasteiger partial charge on any atom is -0.384 e. The molecule has 2 heteroatoms. The predicted molar refractivity (Wildman–Crippen MR) is 77.0 cm³/mol. The lowest BCUT2D eigenvalue weighted by Gasteiger charge is -2.11. The van der Waals surface area contributed by atoms with E-state index in [4.69, 9.17) is 0 Å². The molecule has 0 saturated heterocycles. The Morgan fingerprint density at radius 1 is 1.11 bits per heavy atom. The van der Waals surface area contributed by atoms with E-state index in [9.17, 15) is 0 Å². The molecule has 0 fully saturated rings. The minimum atomic E-state index is 0.888. The second kappa shape index (κ2) is 6.20. The Kier molecular flexibility index (Phi) is 4.35. The molecule has 0 aliphatic heterocycles. The quantitative estimate of drug-likeness (QED) is 0.859. The molecule has 2 nitrogen and oxygen atoms in total. The fraction of sp³-hybridized carbons (Fsp3) is 0.312. The van der Waals surface area contributed by atoms with Crippen molar-refractivity contribution >= 4 is 5.69 Å². The van der Waals surface area contributed by atoms with Crippen molar-refractivity contribution < 1.29 is 0 Å². The summed E-state index contributed by atoms with van der Waals surface area (Å²) in [6.07, 6.45) is 3.88. The summed E-state index contributed by atoms with van der Waals surface area (Å²) in [5.41, 5.74) is 4.95. The molecule has 18 heavy (non-hydrogen) atoms. The number of hydrogen-bond donors (Lipinski definition) is 1. The zero-order valence-electron chi connectivity index (χ0n) is 11.1. The number of anilines is 1. The predicted octanol–water partition coefficient (Wildman–Crippen LogP) is 3.80. The molecule has 0 radical (unpaired) electrons. The number of nitrogens with one attached hydrogen (secondary N) is 1. The molecule has 0 bridgehead atoms. The average Bonchev–Trinajstić information content (AvgIpc) is 2.40. The van der Waals surface area contributed by atoms with Crippen molar-refractivity contribution in [3.8, 4) is 0 Å². The van der Waals surface area contributed by atoms with E-state index in [0.29, 0.717) is 0 Å². The van der Waals surface area contributed by atoms with Crippen LogP contribution in [-0.4, -0.2) is 11.5 Å². The summed E-state index contributed by atoms with van der Waals surface area (Å²) in [7, 11) is 0. The van der Waals surface area contributed by atoms with Gasteiger partial charge in [0.05, 0.1) is 11.4 Å². The molecule has 94 valence electrons. The fourth-order valence-electron chi connectivity index (χ4n) is 1.99. The van der Waals surface area contributed by atoms with Gasteiger partial charge in [0, 0.05) is 19.2 Å². The Morgan fingerprint density at radius 2 is 1.94 bits per heavy atom. The van der Waals surface area contributed by atoms with Gasteiger partial charge in [0.1, 0.15) is 0 Å². The van der Waals surface area contributed by atoms with Crippen molar-refractivity contribution in [3.05, 3.63) is 59.4 Å². The van der Waals surface area contributed by atoms with E-state index in [1.54, 1.807) is 0 Å². The topological polar surface area (TPSA) is 24.9 Å². The minimum absolute atomic E-state index is 0.888. The Balaban J connectivity index is 2.21. The van der Waals surface area contributed by atoms with E-state index in [1.165, 1.54) is 11.1 Å². The van der Waals surface area contributed by atoms with Gasteiger partial charge in [-0.2, -0.15) is 0 Å². The van der Waals surface area contributed by atoms with Crippen molar-refractivity contribution in [3.63, 3.8) is 0 Å². The third-order valence-electron chi connectivity index (χ3n) is 3.07. The molecule has 2 aromatic rings. The first-order chi connectivity index (χ1) is 8.81. The van der Waals surface area contributed by atoms with E-state index in [0.717, 1.165) is 30.8 Å². The third-order valence-corrected chi connectivity index (χ3v) is 3.07. The molecular formula is C16H20N2. The van der Waals surface area contributed by atoms with Crippen LogP contribution in [0.3, 0.4) is 0 Å². The number of rotatable bonds is 5. The molecule has 0 amide bonds. The van der Waals surface area contributed by atoms with Crippen LogP contribution in [0.15, 0.2) is 42.6 Å². The van der Waals surface area contributed by atoms with Gasteiger partial charge in [-0.1, -0.05) is 31.2 Å². The zero-order valence-corrected chi connectivity index (χ0v) is 11.1. The monoisotopic (exact) mass is 240 g/mol. The second-order valence-electron chi connectivity index (χ2n) is 4.53. The van der Waals surface area contributed by atoms with Gasteiger partial charge in [0.15, 0.2) is 0 Å². The van der Waals surface area contributed by atoms with Gasteiger partial charge in [-0.25, -0.2) is 0 Å². The molecule has 1 heterocycles. The van der Waals surface area contributed by atoms with Crippen LogP contribution >= 0.6 is 0 Å². The molecule has 0 unspecified atom stereocenters. The Labute approximate surface area is 109 Å². The molecule has 0 atom stereocenters. The first kappa shape index (κ1) is 12.6. The van der Waals surface area contributed by atoms with Gasteiger partial charge in [-0.15, -0.1) is 0 Å². The number of benzene rings is 1. The lowest BCUT2D eigenvalue weighted by atomic mass is 10.0. The standard InChI is InChI=1S/C16H20N2/c1-3-10-17-15-9-6-11-18-16(15)12-14-8-5-4-7-13(14)2/h4-9,11,17H,3,10,12H2,1-2H3.